The quantitative estimate of drug-likeness (QED) is 0.675. The van der Waals surface area contributed by atoms with E-state index >= 15 is 0 Å². The van der Waals surface area contributed by atoms with Gasteiger partial charge in [0.25, 0.3) is 0 Å². The van der Waals surface area contributed by atoms with Gasteiger partial charge in [0.15, 0.2) is 5.78 Å². The summed E-state index contributed by atoms with van der Waals surface area (Å²) in [6.45, 7) is 2.13. The molecule has 0 aromatic heterocycles. The molecule has 0 bridgehead atoms. The lowest BCUT2D eigenvalue weighted by atomic mass is 9.79. The van der Waals surface area contributed by atoms with E-state index in [1.165, 1.54) is 25.7 Å². The van der Waals surface area contributed by atoms with Crippen LogP contribution >= 0.6 is 0 Å². The van der Waals surface area contributed by atoms with Gasteiger partial charge in [0.05, 0.1) is 12.7 Å². The molecule has 1 fully saturated rings. The van der Waals surface area contributed by atoms with Crippen LogP contribution in [0.5, 0.6) is 0 Å². The third-order valence-electron chi connectivity index (χ3n) is 3.73. The molecule has 2 nitrogen and oxygen atoms in total. The van der Waals surface area contributed by atoms with Crippen molar-refractivity contribution in [2.75, 3.05) is 0 Å². The van der Waals surface area contributed by atoms with Crippen LogP contribution < -0.4 is 0 Å². The van der Waals surface area contributed by atoms with Crippen molar-refractivity contribution in [1.29, 1.82) is 0 Å². The summed E-state index contributed by atoms with van der Waals surface area (Å²) in [5.41, 5.74) is -0.164. The first-order chi connectivity index (χ1) is 6.77. The minimum absolute atomic E-state index is 0.164. The highest BCUT2D eigenvalue weighted by atomic mass is 16.5. The fourth-order valence-corrected chi connectivity index (χ4v) is 2.83. The molecule has 14 heavy (non-hydrogen) atoms. The van der Waals surface area contributed by atoms with Gasteiger partial charge in [0.2, 0.25) is 0 Å². The number of carbonyl (C=O) groups is 1. The smallest absolute Gasteiger partial charge is 0.162 e. The molecule has 2 aliphatic rings. The van der Waals surface area contributed by atoms with Crippen LogP contribution in [0.1, 0.15) is 45.4 Å². The first kappa shape index (κ1) is 9.75. The Morgan fingerprint density at radius 3 is 2.79 bits per heavy atom. The van der Waals surface area contributed by atoms with Gasteiger partial charge in [-0.25, -0.2) is 0 Å². The minimum atomic E-state index is -0.164. The maximum atomic E-state index is 11.4. The molecule has 2 rings (SSSR count). The van der Waals surface area contributed by atoms with Crippen LogP contribution in [0.2, 0.25) is 0 Å². The monoisotopic (exact) mass is 194 g/mol. The van der Waals surface area contributed by atoms with Crippen LogP contribution in [0.4, 0.5) is 0 Å². The Bertz CT molecular complexity index is 251. The van der Waals surface area contributed by atoms with Crippen LogP contribution in [0.3, 0.4) is 0 Å². The predicted octanol–water partition coefficient (Wildman–Crippen LogP) is 2.83. The highest BCUT2D eigenvalue weighted by Gasteiger charge is 2.42. The Kier molecular flexibility index (Phi) is 2.62. The highest BCUT2D eigenvalue weighted by Crippen LogP contribution is 2.42. The van der Waals surface area contributed by atoms with Crippen LogP contribution in [-0.4, -0.2) is 11.4 Å². The van der Waals surface area contributed by atoms with Gasteiger partial charge in [0, 0.05) is 6.08 Å². The molecular weight excluding hydrogens is 176 g/mol. The molecule has 78 valence electrons. The lowest BCUT2D eigenvalue weighted by molar-refractivity contribution is -0.126. The Morgan fingerprint density at radius 2 is 2.21 bits per heavy atom. The third kappa shape index (κ3) is 1.58. The van der Waals surface area contributed by atoms with Crippen molar-refractivity contribution in [3.8, 4) is 0 Å². The average molecular weight is 194 g/mol. The molecule has 2 heteroatoms. The van der Waals surface area contributed by atoms with Gasteiger partial charge in [-0.05, 0) is 25.2 Å². The number of allylic oxidation sites excluding steroid dienone is 1. The molecule has 1 unspecified atom stereocenters. The third-order valence-corrected chi connectivity index (χ3v) is 3.73. The van der Waals surface area contributed by atoms with E-state index in [0.29, 0.717) is 12.3 Å². The van der Waals surface area contributed by atoms with E-state index in [1.807, 2.05) is 0 Å². The van der Waals surface area contributed by atoms with Gasteiger partial charge in [0.1, 0.15) is 5.60 Å². The van der Waals surface area contributed by atoms with Gasteiger partial charge in [-0.2, -0.15) is 0 Å². The lowest BCUT2D eigenvalue weighted by Gasteiger charge is -2.38. The summed E-state index contributed by atoms with van der Waals surface area (Å²) in [6, 6.07) is 0. The first-order valence-electron chi connectivity index (χ1n) is 5.64. The molecule has 0 radical (unpaired) electrons. The van der Waals surface area contributed by atoms with Gasteiger partial charge >= 0.3 is 0 Å². The van der Waals surface area contributed by atoms with Gasteiger partial charge in [-0.3, -0.25) is 4.79 Å². The second-order valence-corrected chi connectivity index (χ2v) is 4.46. The topological polar surface area (TPSA) is 26.3 Å². The van der Waals surface area contributed by atoms with Crippen molar-refractivity contribution in [2.24, 2.45) is 5.92 Å². The van der Waals surface area contributed by atoms with E-state index in [4.69, 9.17) is 4.74 Å². The molecule has 0 saturated heterocycles. The maximum Gasteiger partial charge on any atom is 0.162 e. The number of hydrogen-bond donors (Lipinski definition) is 0. The van der Waals surface area contributed by atoms with Crippen molar-refractivity contribution in [1.82, 2.24) is 0 Å². The number of rotatable bonds is 2. The largest absolute Gasteiger partial charge is 0.494 e. The second kappa shape index (κ2) is 3.76. The van der Waals surface area contributed by atoms with E-state index in [0.717, 1.165) is 6.42 Å². The SMILES string of the molecule is CCC1(C2CCCC2)CC(=O)C=CO1. The summed E-state index contributed by atoms with van der Waals surface area (Å²) >= 11 is 0. The van der Waals surface area contributed by atoms with Crippen LogP contribution in [-0.2, 0) is 9.53 Å². The Morgan fingerprint density at radius 1 is 1.50 bits per heavy atom. The number of carbonyl (C=O) groups excluding carboxylic acids is 1. The summed E-state index contributed by atoms with van der Waals surface area (Å²) in [5, 5.41) is 0. The van der Waals surface area contributed by atoms with Crippen LogP contribution in [0, 0.1) is 5.92 Å². The molecule has 0 N–H and O–H groups in total. The predicted molar refractivity (Wildman–Crippen MR) is 54.8 cm³/mol. The average Bonchev–Trinajstić information content (AvgIpc) is 2.71. The minimum Gasteiger partial charge on any atom is -0.494 e. The molecule has 1 heterocycles. The molecule has 1 atom stereocenters. The number of hydrogen-bond acceptors (Lipinski definition) is 2. The Labute approximate surface area is 85.3 Å². The van der Waals surface area contributed by atoms with E-state index < -0.39 is 0 Å². The molecule has 0 spiro atoms. The maximum absolute atomic E-state index is 11.4. The summed E-state index contributed by atoms with van der Waals surface area (Å²) < 4.78 is 5.77. The lowest BCUT2D eigenvalue weighted by Crippen LogP contribution is -2.41. The van der Waals surface area contributed by atoms with Gasteiger partial charge in [-0.1, -0.05) is 19.8 Å². The molecule has 1 aliphatic heterocycles. The number of ether oxygens (including phenoxy) is 1. The standard InChI is InChI=1S/C12H18O2/c1-2-12(10-5-3-4-6-10)9-11(13)7-8-14-12/h7-8,10H,2-6,9H2,1H3. The Balaban J connectivity index is 2.16. The van der Waals surface area contributed by atoms with Crippen LogP contribution in [0.25, 0.3) is 0 Å². The molecule has 0 aromatic carbocycles. The van der Waals surface area contributed by atoms with E-state index in [-0.39, 0.29) is 11.4 Å². The first-order valence-corrected chi connectivity index (χ1v) is 5.64. The normalized spacial score (nSPS) is 33.4. The van der Waals surface area contributed by atoms with Crippen LogP contribution in [0.15, 0.2) is 12.3 Å². The number of ketones is 1. The molecule has 1 saturated carbocycles. The van der Waals surface area contributed by atoms with Crippen molar-refractivity contribution in [3.05, 3.63) is 12.3 Å². The Hall–Kier alpha value is -0.790. The fraction of sp³-hybridized carbons (Fsp3) is 0.750. The van der Waals surface area contributed by atoms with Crippen molar-refractivity contribution in [2.45, 2.75) is 51.0 Å². The second-order valence-electron chi connectivity index (χ2n) is 4.46. The van der Waals surface area contributed by atoms with Gasteiger partial charge in [-0.15, -0.1) is 0 Å². The molecule has 1 aliphatic carbocycles. The zero-order chi connectivity index (χ0) is 10.0. The zero-order valence-electron chi connectivity index (χ0n) is 8.79. The van der Waals surface area contributed by atoms with Crippen molar-refractivity contribution < 1.29 is 9.53 Å². The summed E-state index contributed by atoms with van der Waals surface area (Å²) in [4.78, 5) is 11.4. The molecular formula is C12H18O2. The summed E-state index contributed by atoms with van der Waals surface area (Å²) in [5.74, 6) is 0.825. The van der Waals surface area contributed by atoms with Gasteiger partial charge < -0.3 is 4.74 Å². The summed E-state index contributed by atoms with van der Waals surface area (Å²) in [6.07, 6.45) is 9.76. The van der Waals surface area contributed by atoms with E-state index in [1.54, 1.807) is 12.3 Å². The van der Waals surface area contributed by atoms with E-state index in [2.05, 4.69) is 6.92 Å². The van der Waals surface area contributed by atoms with E-state index in [9.17, 15) is 4.79 Å². The zero-order valence-corrected chi connectivity index (χ0v) is 8.79. The molecule has 0 aromatic rings. The molecule has 0 amide bonds. The fourth-order valence-electron chi connectivity index (χ4n) is 2.83. The summed E-state index contributed by atoms with van der Waals surface area (Å²) in [7, 11) is 0. The highest BCUT2D eigenvalue weighted by molar-refractivity contribution is 5.90. The van der Waals surface area contributed by atoms with Crippen molar-refractivity contribution >= 4 is 5.78 Å². The van der Waals surface area contributed by atoms with Crippen molar-refractivity contribution in [3.63, 3.8) is 0 Å².